The summed E-state index contributed by atoms with van der Waals surface area (Å²) < 4.78 is 1.68. The van der Waals surface area contributed by atoms with Gasteiger partial charge < -0.3 is 5.11 Å². The summed E-state index contributed by atoms with van der Waals surface area (Å²) in [5, 5.41) is 14.6. The predicted molar refractivity (Wildman–Crippen MR) is 58.0 cm³/mol. The molecule has 2 aromatic rings. The van der Waals surface area contributed by atoms with Crippen LogP contribution in [0.5, 0.6) is 0 Å². The Balaban J connectivity index is 2.24. The molecule has 0 spiro atoms. The first-order valence-corrected chi connectivity index (χ1v) is 5.39. The summed E-state index contributed by atoms with van der Waals surface area (Å²) in [6.45, 7) is 0.567. The highest BCUT2D eigenvalue weighted by atomic mass is 32.1. The van der Waals surface area contributed by atoms with E-state index in [2.05, 4.69) is 5.10 Å². The number of aldehydes is 1. The molecule has 0 atom stereocenters. The van der Waals surface area contributed by atoms with Crippen LogP contribution in [-0.4, -0.2) is 27.8 Å². The predicted octanol–water partition coefficient (Wildman–Crippen LogP) is 1.42. The fraction of sp³-hybridized carbons (Fsp3) is 0.200. The average molecular weight is 222 g/mol. The Hall–Kier alpha value is -1.46. The first kappa shape index (κ1) is 10.1. The second-order valence-corrected chi connectivity index (χ2v) is 3.99. The highest BCUT2D eigenvalue weighted by Gasteiger charge is 2.04. The Kier molecular flexibility index (Phi) is 2.94. The van der Waals surface area contributed by atoms with Gasteiger partial charge in [-0.05, 0) is 6.07 Å². The number of thiophene rings is 1. The minimum Gasteiger partial charge on any atom is -0.394 e. The number of carbonyl (C=O) groups excluding carboxylic acids is 1. The molecule has 0 saturated carbocycles. The van der Waals surface area contributed by atoms with Gasteiger partial charge in [-0.1, -0.05) is 0 Å². The summed E-state index contributed by atoms with van der Waals surface area (Å²) >= 11 is 1.51. The van der Waals surface area contributed by atoms with Crippen molar-refractivity contribution in [1.29, 1.82) is 0 Å². The van der Waals surface area contributed by atoms with Crippen LogP contribution in [0.1, 0.15) is 10.4 Å². The first-order chi connectivity index (χ1) is 7.33. The van der Waals surface area contributed by atoms with Gasteiger partial charge in [0.05, 0.1) is 19.3 Å². The van der Waals surface area contributed by atoms with Crippen molar-refractivity contribution in [2.45, 2.75) is 6.54 Å². The molecule has 0 aliphatic rings. The first-order valence-electron chi connectivity index (χ1n) is 4.51. The van der Waals surface area contributed by atoms with Crippen LogP contribution < -0.4 is 0 Å². The molecule has 1 N–H and O–H groups in total. The third-order valence-corrected chi connectivity index (χ3v) is 3.00. The zero-order valence-corrected chi connectivity index (χ0v) is 8.78. The molecule has 0 bridgehead atoms. The van der Waals surface area contributed by atoms with E-state index >= 15 is 0 Å². The van der Waals surface area contributed by atoms with Crippen molar-refractivity contribution in [2.24, 2.45) is 0 Å². The summed E-state index contributed by atoms with van der Waals surface area (Å²) in [7, 11) is 0. The summed E-state index contributed by atoms with van der Waals surface area (Å²) in [6, 6.07) is 1.83. The van der Waals surface area contributed by atoms with Crippen LogP contribution >= 0.6 is 11.3 Å². The molecule has 2 heterocycles. The van der Waals surface area contributed by atoms with E-state index in [1.54, 1.807) is 10.9 Å². The number of hydrogen-bond donors (Lipinski definition) is 1. The number of carbonyl (C=O) groups is 1. The molecular weight excluding hydrogens is 212 g/mol. The molecule has 5 heteroatoms. The minimum absolute atomic E-state index is 0.0746. The topological polar surface area (TPSA) is 55.1 Å². The van der Waals surface area contributed by atoms with Crippen molar-refractivity contribution >= 4 is 17.6 Å². The molecule has 2 rings (SSSR count). The minimum atomic E-state index is 0.0746. The lowest BCUT2D eigenvalue weighted by Gasteiger charge is -1.94. The van der Waals surface area contributed by atoms with E-state index in [1.165, 1.54) is 11.3 Å². The lowest BCUT2D eigenvalue weighted by molar-refractivity contribution is 0.112. The second-order valence-electron chi connectivity index (χ2n) is 3.08. The average Bonchev–Trinajstić information content (AvgIpc) is 2.85. The summed E-state index contributed by atoms with van der Waals surface area (Å²) in [5.74, 6) is 0. The third-order valence-electron chi connectivity index (χ3n) is 2.00. The third kappa shape index (κ3) is 2.14. The van der Waals surface area contributed by atoms with Crippen LogP contribution in [0.2, 0.25) is 0 Å². The Morgan fingerprint density at radius 3 is 3.13 bits per heavy atom. The van der Waals surface area contributed by atoms with Gasteiger partial charge >= 0.3 is 0 Å². The van der Waals surface area contributed by atoms with E-state index in [0.29, 0.717) is 12.1 Å². The molecule has 0 radical (unpaired) electrons. The quantitative estimate of drug-likeness (QED) is 0.796. The number of hydrogen-bond acceptors (Lipinski definition) is 4. The van der Waals surface area contributed by atoms with Crippen LogP contribution in [0, 0.1) is 0 Å². The Labute approximate surface area is 90.8 Å². The molecule has 2 aromatic heterocycles. The standard InChI is InChI=1S/C10H10N2O2S/c13-2-1-12-5-9(4-11-12)10-3-8(6-14)7-15-10/h3-7,13H,1-2H2. The van der Waals surface area contributed by atoms with Crippen LogP contribution in [0.3, 0.4) is 0 Å². The monoisotopic (exact) mass is 222 g/mol. The van der Waals surface area contributed by atoms with Gasteiger partial charge in [-0.3, -0.25) is 9.48 Å². The van der Waals surface area contributed by atoms with E-state index in [1.807, 2.05) is 17.6 Å². The molecule has 4 nitrogen and oxygen atoms in total. The maximum atomic E-state index is 10.5. The van der Waals surface area contributed by atoms with Crippen molar-refractivity contribution in [2.75, 3.05) is 6.61 Å². The molecule has 0 aromatic carbocycles. The van der Waals surface area contributed by atoms with E-state index in [-0.39, 0.29) is 6.61 Å². The molecule has 0 aliphatic carbocycles. The van der Waals surface area contributed by atoms with Crippen molar-refractivity contribution in [3.8, 4) is 10.4 Å². The lowest BCUT2D eigenvalue weighted by atomic mass is 10.2. The molecule has 15 heavy (non-hydrogen) atoms. The largest absolute Gasteiger partial charge is 0.394 e. The van der Waals surface area contributed by atoms with E-state index in [9.17, 15) is 4.79 Å². The molecule has 0 saturated heterocycles. The maximum Gasteiger partial charge on any atom is 0.150 e. The van der Waals surface area contributed by atoms with Crippen molar-refractivity contribution in [1.82, 2.24) is 9.78 Å². The van der Waals surface area contributed by atoms with Gasteiger partial charge in [0, 0.05) is 27.6 Å². The van der Waals surface area contributed by atoms with E-state index < -0.39 is 0 Å². The van der Waals surface area contributed by atoms with Crippen LogP contribution in [0.25, 0.3) is 10.4 Å². The van der Waals surface area contributed by atoms with Gasteiger partial charge in [0.25, 0.3) is 0 Å². The number of aliphatic hydroxyl groups excluding tert-OH is 1. The fourth-order valence-electron chi connectivity index (χ4n) is 1.28. The molecule has 0 aliphatic heterocycles. The molecule has 0 fully saturated rings. The Bertz CT molecular complexity index is 461. The van der Waals surface area contributed by atoms with Gasteiger partial charge in [0.2, 0.25) is 0 Å². The SMILES string of the molecule is O=Cc1csc(-c2cnn(CCO)c2)c1. The normalized spacial score (nSPS) is 10.5. The summed E-state index contributed by atoms with van der Waals surface area (Å²) in [4.78, 5) is 11.5. The maximum absolute atomic E-state index is 10.5. The van der Waals surface area contributed by atoms with Crippen LogP contribution in [-0.2, 0) is 6.54 Å². The molecule has 78 valence electrons. The smallest absolute Gasteiger partial charge is 0.150 e. The number of aromatic nitrogens is 2. The van der Waals surface area contributed by atoms with Gasteiger partial charge in [-0.2, -0.15) is 5.10 Å². The van der Waals surface area contributed by atoms with Crippen molar-refractivity contribution < 1.29 is 9.90 Å². The zero-order chi connectivity index (χ0) is 10.7. The fourth-order valence-corrected chi connectivity index (χ4v) is 2.11. The Morgan fingerprint density at radius 1 is 1.60 bits per heavy atom. The number of rotatable bonds is 4. The van der Waals surface area contributed by atoms with Crippen LogP contribution in [0.15, 0.2) is 23.8 Å². The van der Waals surface area contributed by atoms with Gasteiger partial charge in [0.15, 0.2) is 6.29 Å². The number of aliphatic hydroxyl groups is 1. The molecule has 0 unspecified atom stereocenters. The van der Waals surface area contributed by atoms with E-state index in [4.69, 9.17) is 5.11 Å². The Morgan fingerprint density at radius 2 is 2.47 bits per heavy atom. The zero-order valence-electron chi connectivity index (χ0n) is 7.96. The van der Waals surface area contributed by atoms with Gasteiger partial charge in [-0.25, -0.2) is 0 Å². The lowest BCUT2D eigenvalue weighted by Crippen LogP contribution is -2.01. The van der Waals surface area contributed by atoms with Gasteiger partial charge in [0.1, 0.15) is 0 Å². The molecule has 0 amide bonds. The summed E-state index contributed by atoms with van der Waals surface area (Å²) in [5.41, 5.74) is 1.66. The summed E-state index contributed by atoms with van der Waals surface area (Å²) in [6.07, 6.45) is 4.42. The highest BCUT2D eigenvalue weighted by molar-refractivity contribution is 7.13. The van der Waals surface area contributed by atoms with Crippen molar-refractivity contribution in [3.63, 3.8) is 0 Å². The van der Waals surface area contributed by atoms with Gasteiger partial charge in [-0.15, -0.1) is 11.3 Å². The second kappa shape index (κ2) is 4.37. The molecular formula is C10H10N2O2S. The highest BCUT2D eigenvalue weighted by Crippen LogP contribution is 2.25. The number of nitrogens with zero attached hydrogens (tertiary/aromatic N) is 2. The van der Waals surface area contributed by atoms with Crippen molar-refractivity contribution in [3.05, 3.63) is 29.4 Å². The van der Waals surface area contributed by atoms with Crippen LogP contribution in [0.4, 0.5) is 0 Å². The van der Waals surface area contributed by atoms with E-state index in [0.717, 1.165) is 16.7 Å².